The van der Waals surface area contributed by atoms with Crippen molar-refractivity contribution in [2.24, 2.45) is 4.99 Å². The van der Waals surface area contributed by atoms with Crippen molar-refractivity contribution in [2.45, 2.75) is 37.8 Å². The van der Waals surface area contributed by atoms with Crippen LogP contribution < -0.4 is 0 Å². The Morgan fingerprint density at radius 2 is 2.17 bits per heavy atom. The molecule has 0 saturated carbocycles. The lowest BCUT2D eigenvalue weighted by Crippen LogP contribution is -2.38. The van der Waals surface area contributed by atoms with Crippen LogP contribution in [0.3, 0.4) is 0 Å². The van der Waals surface area contributed by atoms with E-state index < -0.39 is 0 Å². The quantitative estimate of drug-likeness (QED) is 0.453. The van der Waals surface area contributed by atoms with Crippen LogP contribution in [0.2, 0.25) is 0 Å². The van der Waals surface area contributed by atoms with Crippen LogP contribution in [-0.4, -0.2) is 35.2 Å². The van der Waals surface area contributed by atoms with E-state index in [0.29, 0.717) is 12.1 Å². The van der Waals surface area contributed by atoms with Crippen molar-refractivity contribution in [3.8, 4) is 0 Å². The molecular weight excluding hydrogens is 168 g/mol. The number of thiocarbonyl (C=S) groups is 1. The Morgan fingerprint density at radius 1 is 1.25 bits per heavy atom. The van der Waals surface area contributed by atoms with Crippen molar-refractivity contribution < 1.29 is 0 Å². The number of fused-ring (bicyclic) bond motifs is 1. The van der Waals surface area contributed by atoms with Crippen LogP contribution in [0.5, 0.6) is 0 Å². The highest BCUT2D eigenvalue weighted by Crippen LogP contribution is 2.28. The third-order valence-electron chi connectivity index (χ3n) is 3.04. The van der Waals surface area contributed by atoms with Crippen LogP contribution in [0.25, 0.3) is 0 Å². The van der Waals surface area contributed by atoms with Crippen molar-refractivity contribution >= 4 is 17.4 Å². The van der Waals surface area contributed by atoms with Crippen molar-refractivity contribution in [3.63, 3.8) is 0 Å². The second kappa shape index (κ2) is 3.65. The molecule has 3 heteroatoms. The number of rotatable bonds is 1. The van der Waals surface area contributed by atoms with Gasteiger partial charge in [-0.1, -0.05) is 6.42 Å². The number of hydrogen-bond acceptors (Lipinski definition) is 3. The van der Waals surface area contributed by atoms with E-state index >= 15 is 0 Å². The molecule has 0 radical (unpaired) electrons. The molecule has 2 rings (SSSR count). The van der Waals surface area contributed by atoms with Crippen LogP contribution in [-0.2, 0) is 0 Å². The first kappa shape index (κ1) is 8.36. The highest BCUT2D eigenvalue weighted by atomic mass is 32.1. The molecule has 2 fully saturated rings. The summed E-state index contributed by atoms with van der Waals surface area (Å²) in [5.41, 5.74) is 0. The van der Waals surface area contributed by atoms with Crippen molar-refractivity contribution in [1.29, 1.82) is 0 Å². The van der Waals surface area contributed by atoms with E-state index in [1.807, 2.05) is 0 Å². The molecule has 0 bridgehead atoms. The van der Waals surface area contributed by atoms with Gasteiger partial charge in [-0.3, -0.25) is 4.90 Å². The molecule has 2 nitrogen and oxygen atoms in total. The molecule has 2 heterocycles. The molecule has 2 atom stereocenters. The second-order valence-corrected chi connectivity index (χ2v) is 3.86. The number of hydrogen-bond donors (Lipinski definition) is 0. The Hall–Kier alpha value is -0.240. The van der Waals surface area contributed by atoms with E-state index in [4.69, 9.17) is 0 Å². The van der Waals surface area contributed by atoms with Crippen molar-refractivity contribution in [2.75, 3.05) is 13.1 Å². The van der Waals surface area contributed by atoms with Crippen molar-refractivity contribution in [1.82, 2.24) is 4.90 Å². The summed E-state index contributed by atoms with van der Waals surface area (Å²) in [4.78, 5) is 6.79. The SMILES string of the molecule is S=C=NC1CCN2CCCCC12. The Morgan fingerprint density at radius 3 is 3.00 bits per heavy atom. The van der Waals surface area contributed by atoms with Crippen molar-refractivity contribution in [3.05, 3.63) is 0 Å². The van der Waals surface area contributed by atoms with E-state index in [1.54, 1.807) is 0 Å². The van der Waals surface area contributed by atoms with Gasteiger partial charge < -0.3 is 0 Å². The van der Waals surface area contributed by atoms with Gasteiger partial charge in [-0.15, -0.1) is 0 Å². The zero-order valence-corrected chi connectivity index (χ0v) is 8.02. The zero-order valence-electron chi connectivity index (χ0n) is 7.20. The molecule has 0 aromatic heterocycles. The minimum absolute atomic E-state index is 0.461. The minimum atomic E-state index is 0.461. The maximum absolute atomic E-state index is 4.65. The lowest BCUT2D eigenvalue weighted by Gasteiger charge is -2.30. The van der Waals surface area contributed by atoms with Gasteiger partial charge in [0.25, 0.3) is 0 Å². The zero-order chi connectivity index (χ0) is 8.39. The average molecular weight is 182 g/mol. The molecule has 0 N–H and O–H groups in total. The van der Waals surface area contributed by atoms with E-state index in [-0.39, 0.29) is 0 Å². The van der Waals surface area contributed by atoms with Gasteiger partial charge >= 0.3 is 0 Å². The monoisotopic (exact) mass is 182 g/mol. The summed E-state index contributed by atoms with van der Waals surface area (Å²) in [6, 6.07) is 1.15. The summed E-state index contributed by atoms with van der Waals surface area (Å²) < 4.78 is 0. The first-order valence-corrected chi connectivity index (χ1v) is 5.13. The third-order valence-corrected chi connectivity index (χ3v) is 3.14. The average Bonchev–Trinajstić information content (AvgIpc) is 2.50. The molecule has 0 aliphatic carbocycles. The van der Waals surface area contributed by atoms with Gasteiger partial charge in [0, 0.05) is 12.6 Å². The summed E-state index contributed by atoms with van der Waals surface area (Å²) in [5.74, 6) is 0. The van der Waals surface area contributed by atoms with Gasteiger partial charge in [0.2, 0.25) is 0 Å². The fraction of sp³-hybridized carbons (Fsp3) is 0.889. The molecule has 0 aromatic rings. The fourth-order valence-electron chi connectivity index (χ4n) is 2.44. The summed E-state index contributed by atoms with van der Waals surface area (Å²) in [6.07, 6.45) is 5.23. The first-order chi connectivity index (χ1) is 5.92. The largest absolute Gasteiger partial charge is 0.298 e. The maximum atomic E-state index is 4.65. The molecule has 0 aromatic carbocycles. The predicted octanol–water partition coefficient (Wildman–Crippen LogP) is 1.72. The number of nitrogens with zero attached hydrogens (tertiary/aromatic N) is 2. The molecule has 12 heavy (non-hydrogen) atoms. The normalized spacial score (nSPS) is 35.7. The van der Waals surface area contributed by atoms with E-state index in [1.165, 1.54) is 38.8 Å². The maximum Gasteiger partial charge on any atom is 0.0769 e. The highest BCUT2D eigenvalue weighted by Gasteiger charge is 2.34. The van der Waals surface area contributed by atoms with Crippen LogP contribution in [0.15, 0.2) is 4.99 Å². The number of piperidine rings is 1. The summed E-state index contributed by atoms with van der Waals surface area (Å²) >= 11 is 4.65. The van der Waals surface area contributed by atoms with E-state index in [0.717, 1.165) is 0 Å². The predicted molar refractivity (Wildman–Crippen MR) is 52.6 cm³/mol. The molecule has 2 saturated heterocycles. The fourth-order valence-corrected chi connectivity index (χ4v) is 2.57. The van der Waals surface area contributed by atoms with E-state index in [2.05, 4.69) is 27.3 Å². The molecular formula is C9H14N2S. The lowest BCUT2D eigenvalue weighted by atomic mass is 10.00. The number of aliphatic imine (C=N–C) groups is 1. The van der Waals surface area contributed by atoms with Gasteiger partial charge in [0.15, 0.2) is 0 Å². The summed E-state index contributed by atoms with van der Waals surface area (Å²) in [7, 11) is 0. The topological polar surface area (TPSA) is 15.6 Å². The van der Waals surface area contributed by atoms with E-state index in [9.17, 15) is 0 Å². The van der Waals surface area contributed by atoms with Gasteiger partial charge in [-0.05, 0) is 38.0 Å². The summed E-state index contributed by atoms with van der Waals surface area (Å²) in [5, 5.41) is 2.52. The van der Waals surface area contributed by atoms with Crippen LogP contribution in [0, 0.1) is 0 Å². The minimum Gasteiger partial charge on any atom is -0.298 e. The Bertz CT molecular complexity index is 211. The lowest BCUT2D eigenvalue weighted by molar-refractivity contribution is 0.190. The van der Waals surface area contributed by atoms with Crippen LogP contribution >= 0.6 is 12.2 Å². The smallest absolute Gasteiger partial charge is 0.0769 e. The highest BCUT2D eigenvalue weighted by molar-refractivity contribution is 7.78. The second-order valence-electron chi connectivity index (χ2n) is 3.68. The van der Waals surface area contributed by atoms with Gasteiger partial charge in [-0.2, -0.15) is 0 Å². The molecule has 0 amide bonds. The molecule has 2 aliphatic heterocycles. The number of isothiocyanates is 1. The Balaban J connectivity index is 2.05. The summed E-state index contributed by atoms with van der Waals surface area (Å²) in [6.45, 7) is 2.49. The molecule has 2 unspecified atom stereocenters. The Kier molecular flexibility index (Phi) is 2.54. The van der Waals surface area contributed by atoms with Gasteiger partial charge in [0.1, 0.15) is 0 Å². The molecule has 2 aliphatic rings. The molecule has 0 spiro atoms. The van der Waals surface area contributed by atoms with Crippen LogP contribution in [0.4, 0.5) is 0 Å². The third kappa shape index (κ3) is 1.45. The first-order valence-electron chi connectivity index (χ1n) is 4.73. The van der Waals surface area contributed by atoms with Gasteiger partial charge in [-0.25, -0.2) is 4.99 Å². The van der Waals surface area contributed by atoms with Crippen LogP contribution in [0.1, 0.15) is 25.7 Å². The standard InChI is InChI=1S/C9H14N2S/c12-7-10-8-4-6-11-5-2-1-3-9(8)11/h8-9H,1-6H2. The Labute approximate surface area is 78.7 Å². The van der Waals surface area contributed by atoms with Gasteiger partial charge in [0.05, 0.1) is 11.2 Å². The molecule has 66 valence electrons.